The molecule has 2 rings (SSSR count). The average molecular weight is 347 g/mol. The molecular weight excluding hydrogens is 321 g/mol. The average Bonchev–Trinajstić information content (AvgIpc) is 2.65. The molecule has 0 radical (unpaired) electrons. The van der Waals surface area contributed by atoms with Crippen LogP contribution >= 0.6 is 11.8 Å². The molecule has 0 unspecified atom stereocenters. The Balaban J connectivity index is 2.35. The first-order chi connectivity index (χ1) is 11.0. The van der Waals surface area contributed by atoms with Crippen molar-refractivity contribution >= 4 is 30.1 Å². The van der Waals surface area contributed by atoms with Gasteiger partial charge in [0.1, 0.15) is 0 Å². The van der Waals surface area contributed by atoms with Crippen LogP contribution in [0.25, 0.3) is 6.08 Å². The summed E-state index contributed by atoms with van der Waals surface area (Å²) in [5.41, 5.74) is 3.21. The molecule has 0 N–H and O–H groups in total. The Kier molecular flexibility index (Phi) is 5.62. The van der Waals surface area contributed by atoms with Gasteiger partial charge < -0.3 is 9.31 Å². The Morgan fingerprint density at radius 3 is 2.33 bits per heavy atom. The van der Waals surface area contributed by atoms with Crippen molar-refractivity contribution in [1.29, 1.82) is 0 Å². The quantitative estimate of drug-likeness (QED) is 0.771. The van der Waals surface area contributed by atoms with Crippen molar-refractivity contribution < 1.29 is 14.1 Å². The maximum atomic E-state index is 11.4. The fourth-order valence-electron chi connectivity index (χ4n) is 2.41. The van der Waals surface area contributed by atoms with Gasteiger partial charge in [-0.15, -0.1) is 0 Å². The molecule has 24 heavy (non-hydrogen) atoms. The van der Waals surface area contributed by atoms with Crippen molar-refractivity contribution in [1.82, 2.24) is 4.98 Å². The van der Waals surface area contributed by atoms with Gasteiger partial charge in [-0.25, -0.2) is 0 Å². The summed E-state index contributed by atoms with van der Waals surface area (Å²) in [5.74, 6) is 0.529. The second-order valence-corrected chi connectivity index (χ2v) is 8.45. The van der Waals surface area contributed by atoms with Gasteiger partial charge in [-0.3, -0.25) is 9.78 Å². The third-order valence-electron chi connectivity index (χ3n) is 4.58. The molecule has 1 saturated heterocycles. The standard InChI is InChI=1S/C18H26BNO3S/c1-12-8-13(2)16(20-10-12)9-15(11-24-14(3)21)19-22-17(4,5)18(6,7)23-19/h8-10H,11H2,1-7H3. The van der Waals surface area contributed by atoms with Crippen LogP contribution in [0.3, 0.4) is 0 Å². The van der Waals surface area contributed by atoms with E-state index in [0.29, 0.717) is 5.75 Å². The molecule has 0 spiro atoms. The van der Waals surface area contributed by atoms with Gasteiger partial charge >= 0.3 is 7.12 Å². The highest BCUT2D eigenvalue weighted by Gasteiger charge is 2.52. The first-order valence-electron chi connectivity index (χ1n) is 8.14. The van der Waals surface area contributed by atoms with Crippen molar-refractivity contribution in [3.63, 3.8) is 0 Å². The second-order valence-electron chi connectivity index (χ2n) is 7.30. The Morgan fingerprint density at radius 2 is 1.83 bits per heavy atom. The Bertz CT molecular complexity index is 654. The molecule has 2 heterocycles. The fourth-order valence-corrected chi connectivity index (χ4v) is 3.00. The van der Waals surface area contributed by atoms with Gasteiger partial charge in [0.15, 0.2) is 5.12 Å². The topological polar surface area (TPSA) is 48.4 Å². The molecule has 4 nitrogen and oxygen atoms in total. The van der Waals surface area contributed by atoms with Gasteiger partial charge in [0, 0.05) is 18.9 Å². The van der Waals surface area contributed by atoms with Crippen LogP contribution in [-0.4, -0.2) is 34.2 Å². The van der Waals surface area contributed by atoms with E-state index in [1.807, 2.05) is 53.8 Å². The van der Waals surface area contributed by atoms with Gasteiger partial charge in [0.2, 0.25) is 0 Å². The van der Waals surface area contributed by atoms with Crippen LogP contribution in [0.1, 0.15) is 51.4 Å². The van der Waals surface area contributed by atoms with E-state index in [9.17, 15) is 4.79 Å². The second kappa shape index (κ2) is 7.02. The number of carbonyl (C=O) groups excluding carboxylic acids is 1. The Hall–Kier alpha value is -1.11. The first-order valence-corrected chi connectivity index (χ1v) is 9.13. The van der Waals surface area contributed by atoms with Gasteiger partial charge in [0.25, 0.3) is 0 Å². The number of hydrogen-bond donors (Lipinski definition) is 0. The molecule has 1 aromatic heterocycles. The summed E-state index contributed by atoms with van der Waals surface area (Å²) in [4.78, 5) is 15.9. The molecule has 1 aliphatic heterocycles. The van der Waals surface area contributed by atoms with E-state index in [-0.39, 0.29) is 5.12 Å². The van der Waals surface area contributed by atoms with Gasteiger partial charge in [-0.1, -0.05) is 17.8 Å². The van der Waals surface area contributed by atoms with Gasteiger partial charge in [0.05, 0.1) is 16.9 Å². The lowest BCUT2D eigenvalue weighted by Gasteiger charge is -2.32. The monoisotopic (exact) mass is 347 g/mol. The lowest BCUT2D eigenvalue weighted by Crippen LogP contribution is -2.41. The molecule has 1 aromatic rings. The van der Waals surface area contributed by atoms with Crippen LogP contribution in [0.2, 0.25) is 0 Å². The van der Waals surface area contributed by atoms with Crippen LogP contribution in [0.5, 0.6) is 0 Å². The minimum atomic E-state index is -0.468. The van der Waals surface area contributed by atoms with Crippen molar-refractivity contribution in [3.8, 4) is 0 Å². The van der Waals surface area contributed by atoms with Crippen LogP contribution in [-0.2, 0) is 14.1 Å². The zero-order valence-corrected chi connectivity index (χ0v) is 16.4. The molecule has 0 aliphatic carbocycles. The van der Waals surface area contributed by atoms with Gasteiger partial charge in [-0.2, -0.15) is 0 Å². The summed E-state index contributed by atoms with van der Waals surface area (Å²) >= 11 is 1.26. The number of nitrogens with zero attached hydrogens (tertiary/aromatic N) is 1. The smallest absolute Gasteiger partial charge is 0.400 e. The van der Waals surface area contributed by atoms with E-state index in [1.165, 1.54) is 11.8 Å². The van der Waals surface area contributed by atoms with E-state index >= 15 is 0 Å². The molecule has 0 saturated carbocycles. The summed E-state index contributed by atoms with van der Waals surface area (Å²) in [6.45, 7) is 13.7. The summed E-state index contributed by atoms with van der Waals surface area (Å²) in [6, 6.07) is 2.10. The molecule has 130 valence electrons. The number of carbonyl (C=O) groups is 1. The summed E-state index contributed by atoms with van der Waals surface area (Å²) in [6.07, 6.45) is 3.84. The third kappa shape index (κ3) is 4.29. The molecule has 0 bridgehead atoms. The fraction of sp³-hybridized carbons (Fsp3) is 0.556. The lowest BCUT2D eigenvalue weighted by molar-refractivity contribution is -0.109. The maximum Gasteiger partial charge on any atom is 0.491 e. The number of pyridine rings is 1. The SMILES string of the molecule is CC(=O)SCC(=Cc1ncc(C)cc1C)B1OC(C)(C)C(C)(C)O1. The van der Waals surface area contributed by atoms with Crippen LogP contribution in [0.4, 0.5) is 0 Å². The number of aryl methyl sites for hydroxylation is 2. The molecule has 6 heteroatoms. The molecular formula is C18H26BNO3S. The Morgan fingerprint density at radius 1 is 1.25 bits per heavy atom. The van der Waals surface area contributed by atoms with Gasteiger partial charge in [-0.05, 0) is 64.2 Å². The zero-order chi connectivity index (χ0) is 18.1. The molecule has 1 aliphatic rings. The highest BCUT2D eigenvalue weighted by Crippen LogP contribution is 2.39. The van der Waals surface area contributed by atoms with E-state index < -0.39 is 18.3 Å². The highest BCUT2D eigenvalue weighted by molar-refractivity contribution is 8.13. The number of thioether (sulfide) groups is 1. The van der Waals surface area contributed by atoms with Crippen molar-refractivity contribution in [2.24, 2.45) is 0 Å². The number of aromatic nitrogens is 1. The predicted octanol–water partition coefficient (Wildman–Crippen LogP) is 3.99. The van der Waals surface area contributed by atoms with E-state index in [2.05, 4.69) is 11.1 Å². The molecule has 0 aromatic carbocycles. The number of rotatable bonds is 4. The predicted molar refractivity (Wildman–Crippen MR) is 101 cm³/mol. The van der Waals surface area contributed by atoms with E-state index in [0.717, 1.165) is 22.3 Å². The van der Waals surface area contributed by atoms with E-state index in [4.69, 9.17) is 9.31 Å². The summed E-state index contributed by atoms with van der Waals surface area (Å²) in [7, 11) is -0.468. The number of hydrogen-bond acceptors (Lipinski definition) is 5. The van der Waals surface area contributed by atoms with Crippen molar-refractivity contribution in [3.05, 3.63) is 34.6 Å². The minimum absolute atomic E-state index is 0.0750. The largest absolute Gasteiger partial charge is 0.491 e. The third-order valence-corrected chi connectivity index (χ3v) is 5.46. The minimum Gasteiger partial charge on any atom is -0.400 e. The van der Waals surface area contributed by atoms with Crippen LogP contribution in [0, 0.1) is 13.8 Å². The van der Waals surface area contributed by atoms with E-state index in [1.54, 1.807) is 6.92 Å². The molecule has 0 amide bonds. The summed E-state index contributed by atoms with van der Waals surface area (Å²) in [5, 5.41) is 0.0750. The van der Waals surface area contributed by atoms with Crippen molar-refractivity contribution in [2.45, 2.75) is 59.7 Å². The van der Waals surface area contributed by atoms with Crippen molar-refractivity contribution in [2.75, 3.05) is 5.75 Å². The zero-order valence-electron chi connectivity index (χ0n) is 15.6. The normalized spacial score (nSPS) is 19.6. The van der Waals surface area contributed by atoms with Crippen LogP contribution in [0.15, 0.2) is 17.7 Å². The first kappa shape index (κ1) is 19.2. The maximum absolute atomic E-state index is 11.4. The lowest BCUT2D eigenvalue weighted by atomic mass is 9.78. The highest BCUT2D eigenvalue weighted by atomic mass is 32.2. The molecule has 1 fully saturated rings. The Labute approximate surface area is 149 Å². The summed E-state index contributed by atoms with van der Waals surface area (Å²) < 4.78 is 12.3. The van der Waals surface area contributed by atoms with Crippen LogP contribution < -0.4 is 0 Å². The molecule has 0 atom stereocenters.